The van der Waals surface area contributed by atoms with E-state index in [0.717, 1.165) is 29.3 Å². The van der Waals surface area contributed by atoms with Crippen molar-refractivity contribution in [1.82, 2.24) is 9.88 Å². The molecule has 148 valence electrons. The standard InChI is InChI=1S/C23H28FN3O/c1-3-4-18-13-22-19(11-16(18)2)12-20(23(28)27(22)10-9-25)15-26-14-17-5-7-21(24)8-6-17/h5-8,11-13,26H,3-4,9-10,14-15,25H2,1-2H3. The molecule has 0 aliphatic heterocycles. The van der Waals surface area contributed by atoms with E-state index >= 15 is 0 Å². The molecule has 2 aromatic carbocycles. The molecule has 1 aromatic heterocycles. The van der Waals surface area contributed by atoms with Crippen LogP contribution in [0.1, 0.15) is 35.6 Å². The van der Waals surface area contributed by atoms with Gasteiger partial charge in [-0.3, -0.25) is 4.79 Å². The Morgan fingerprint density at radius 3 is 2.50 bits per heavy atom. The van der Waals surface area contributed by atoms with E-state index in [2.05, 4.69) is 31.3 Å². The first-order chi connectivity index (χ1) is 13.5. The summed E-state index contributed by atoms with van der Waals surface area (Å²) in [6.07, 6.45) is 2.07. The van der Waals surface area contributed by atoms with Crippen molar-refractivity contribution in [2.75, 3.05) is 6.54 Å². The molecule has 0 saturated heterocycles. The Kier molecular flexibility index (Phi) is 6.60. The molecule has 0 atom stereocenters. The lowest BCUT2D eigenvalue weighted by atomic mass is 10.00. The maximum Gasteiger partial charge on any atom is 0.255 e. The molecule has 4 nitrogen and oxygen atoms in total. The minimum absolute atomic E-state index is 0.00384. The highest BCUT2D eigenvalue weighted by Gasteiger charge is 2.11. The molecular formula is C23H28FN3O. The number of halogens is 1. The van der Waals surface area contributed by atoms with Gasteiger partial charge in [-0.25, -0.2) is 4.39 Å². The normalized spacial score (nSPS) is 11.3. The minimum Gasteiger partial charge on any atom is -0.329 e. The molecule has 3 aromatic rings. The van der Waals surface area contributed by atoms with Gasteiger partial charge in [-0.15, -0.1) is 0 Å². The smallest absolute Gasteiger partial charge is 0.255 e. The highest BCUT2D eigenvalue weighted by atomic mass is 19.1. The predicted molar refractivity (Wildman–Crippen MR) is 113 cm³/mol. The average Bonchev–Trinajstić information content (AvgIpc) is 2.68. The van der Waals surface area contributed by atoms with Crippen LogP contribution in [0.4, 0.5) is 4.39 Å². The van der Waals surface area contributed by atoms with Crippen molar-refractivity contribution in [3.63, 3.8) is 0 Å². The van der Waals surface area contributed by atoms with Gasteiger partial charge in [0.25, 0.3) is 5.56 Å². The van der Waals surface area contributed by atoms with Crippen LogP contribution in [0, 0.1) is 12.7 Å². The van der Waals surface area contributed by atoms with E-state index in [-0.39, 0.29) is 11.4 Å². The van der Waals surface area contributed by atoms with E-state index in [9.17, 15) is 9.18 Å². The third kappa shape index (κ3) is 4.49. The van der Waals surface area contributed by atoms with E-state index in [0.29, 0.717) is 31.7 Å². The summed E-state index contributed by atoms with van der Waals surface area (Å²) in [6, 6.07) is 12.7. The van der Waals surface area contributed by atoms with E-state index in [1.807, 2.05) is 6.07 Å². The van der Waals surface area contributed by atoms with Crippen molar-refractivity contribution in [1.29, 1.82) is 0 Å². The summed E-state index contributed by atoms with van der Waals surface area (Å²) in [5.41, 5.74) is 10.9. The molecule has 5 heteroatoms. The van der Waals surface area contributed by atoms with E-state index in [1.165, 1.54) is 23.3 Å². The third-order valence-corrected chi connectivity index (χ3v) is 5.06. The lowest BCUT2D eigenvalue weighted by molar-refractivity contribution is 0.624. The molecule has 0 aliphatic rings. The zero-order valence-corrected chi connectivity index (χ0v) is 16.6. The molecule has 3 N–H and O–H groups in total. The van der Waals surface area contributed by atoms with Crippen LogP contribution in [-0.2, 0) is 26.1 Å². The Morgan fingerprint density at radius 1 is 1.07 bits per heavy atom. The fraction of sp³-hybridized carbons (Fsp3) is 0.348. The SMILES string of the molecule is CCCc1cc2c(cc1C)cc(CNCc1ccc(F)cc1)c(=O)n2CCN. The van der Waals surface area contributed by atoms with Crippen molar-refractivity contribution < 1.29 is 4.39 Å². The number of benzene rings is 2. The summed E-state index contributed by atoms with van der Waals surface area (Å²) in [5, 5.41) is 4.35. The molecule has 0 fully saturated rings. The van der Waals surface area contributed by atoms with Crippen molar-refractivity contribution in [2.45, 2.75) is 46.3 Å². The molecular weight excluding hydrogens is 353 g/mol. The number of aromatic nitrogens is 1. The van der Waals surface area contributed by atoms with Crippen LogP contribution in [0.3, 0.4) is 0 Å². The minimum atomic E-state index is -0.249. The fourth-order valence-electron chi connectivity index (χ4n) is 3.60. The molecule has 0 spiro atoms. The lowest BCUT2D eigenvalue weighted by Gasteiger charge is -2.15. The Hall–Kier alpha value is -2.50. The number of pyridine rings is 1. The van der Waals surface area contributed by atoms with Crippen LogP contribution >= 0.6 is 0 Å². The molecule has 0 aliphatic carbocycles. The molecule has 0 radical (unpaired) electrons. The van der Waals surface area contributed by atoms with Crippen LogP contribution in [0.15, 0.2) is 47.3 Å². The van der Waals surface area contributed by atoms with Crippen LogP contribution < -0.4 is 16.6 Å². The van der Waals surface area contributed by atoms with E-state index < -0.39 is 0 Å². The van der Waals surface area contributed by atoms with Gasteiger partial charge in [-0.05, 0) is 65.8 Å². The second-order valence-corrected chi connectivity index (χ2v) is 7.23. The van der Waals surface area contributed by atoms with E-state index in [1.54, 1.807) is 16.7 Å². The summed E-state index contributed by atoms with van der Waals surface area (Å²) in [5.74, 6) is -0.249. The predicted octanol–water partition coefficient (Wildman–Crippen LogP) is 3.65. The van der Waals surface area contributed by atoms with Crippen molar-refractivity contribution in [3.05, 3.63) is 80.9 Å². The maximum absolute atomic E-state index is 13.0. The lowest BCUT2D eigenvalue weighted by Crippen LogP contribution is -2.29. The van der Waals surface area contributed by atoms with Gasteiger partial charge in [0.2, 0.25) is 0 Å². The van der Waals surface area contributed by atoms with Crippen molar-refractivity contribution in [3.8, 4) is 0 Å². The second-order valence-electron chi connectivity index (χ2n) is 7.23. The quantitative estimate of drug-likeness (QED) is 0.626. The average molecular weight is 381 g/mol. The van der Waals surface area contributed by atoms with Crippen LogP contribution in [0.2, 0.25) is 0 Å². The summed E-state index contributed by atoms with van der Waals surface area (Å²) in [7, 11) is 0. The van der Waals surface area contributed by atoms with Gasteiger partial charge in [-0.1, -0.05) is 25.5 Å². The topological polar surface area (TPSA) is 60.0 Å². The zero-order chi connectivity index (χ0) is 20.1. The molecule has 0 saturated carbocycles. The van der Waals surface area contributed by atoms with E-state index in [4.69, 9.17) is 5.73 Å². The number of rotatable bonds is 8. The second kappa shape index (κ2) is 9.13. The molecule has 0 amide bonds. The van der Waals surface area contributed by atoms with Gasteiger partial charge in [0, 0.05) is 31.7 Å². The number of fused-ring (bicyclic) bond motifs is 1. The summed E-state index contributed by atoms with van der Waals surface area (Å²) < 4.78 is 14.8. The Morgan fingerprint density at radius 2 is 1.82 bits per heavy atom. The van der Waals surface area contributed by atoms with Crippen LogP contribution in [0.5, 0.6) is 0 Å². The van der Waals surface area contributed by atoms with Gasteiger partial charge >= 0.3 is 0 Å². The largest absolute Gasteiger partial charge is 0.329 e. The third-order valence-electron chi connectivity index (χ3n) is 5.06. The Labute approximate surface area is 165 Å². The number of nitrogens with one attached hydrogen (secondary N) is 1. The van der Waals surface area contributed by atoms with Crippen LogP contribution in [-0.4, -0.2) is 11.1 Å². The zero-order valence-electron chi connectivity index (χ0n) is 16.6. The summed E-state index contributed by atoms with van der Waals surface area (Å²) in [6.45, 7) is 6.21. The summed E-state index contributed by atoms with van der Waals surface area (Å²) in [4.78, 5) is 13.0. The number of hydrogen-bond donors (Lipinski definition) is 2. The molecule has 3 rings (SSSR count). The fourth-order valence-corrected chi connectivity index (χ4v) is 3.60. The van der Waals surface area contributed by atoms with Crippen molar-refractivity contribution in [2.24, 2.45) is 5.73 Å². The molecule has 0 bridgehead atoms. The molecule has 0 unspecified atom stereocenters. The molecule has 1 heterocycles. The number of hydrogen-bond acceptors (Lipinski definition) is 3. The molecule has 28 heavy (non-hydrogen) atoms. The number of nitrogens with zero attached hydrogens (tertiary/aromatic N) is 1. The maximum atomic E-state index is 13.0. The Bertz CT molecular complexity index is 1010. The number of nitrogens with two attached hydrogens (primary N) is 1. The number of aryl methyl sites for hydroxylation is 2. The van der Waals surface area contributed by atoms with Gasteiger partial charge in [0.05, 0.1) is 5.52 Å². The monoisotopic (exact) mass is 381 g/mol. The van der Waals surface area contributed by atoms with Crippen LogP contribution in [0.25, 0.3) is 10.9 Å². The van der Waals surface area contributed by atoms with Gasteiger partial charge < -0.3 is 15.6 Å². The Balaban J connectivity index is 1.91. The first-order valence-corrected chi connectivity index (χ1v) is 9.84. The highest BCUT2D eigenvalue weighted by Crippen LogP contribution is 2.21. The van der Waals surface area contributed by atoms with Crippen molar-refractivity contribution >= 4 is 10.9 Å². The highest BCUT2D eigenvalue weighted by molar-refractivity contribution is 5.81. The van der Waals surface area contributed by atoms with Gasteiger partial charge in [0.1, 0.15) is 5.82 Å². The van der Waals surface area contributed by atoms with Gasteiger partial charge in [0.15, 0.2) is 0 Å². The first kappa shape index (κ1) is 20.2. The summed E-state index contributed by atoms with van der Waals surface area (Å²) >= 11 is 0. The van der Waals surface area contributed by atoms with Gasteiger partial charge in [-0.2, -0.15) is 0 Å². The first-order valence-electron chi connectivity index (χ1n) is 9.84.